The van der Waals surface area contributed by atoms with Crippen LogP contribution >= 0.6 is 0 Å². The van der Waals surface area contributed by atoms with Gasteiger partial charge in [-0.15, -0.1) is 0 Å². The highest BCUT2D eigenvalue weighted by atomic mass is 16.4. The molecule has 0 aliphatic heterocycles. The lowest BCUT2D eigenvalue weighted by molar-refractivity contribution is -0.154. The van der Waals surface area contributed by atoms with Crippen LogP contribution in [0.3, 0.4) is 0 Å². The molecule has 0 aromatic heterocycles. The van der Waals surface area contributed by atoms with Crippen LogP contribution in [0.4, 0.5) is 0 Å². The third kappa shape index (κ3) is 3.77. The minimum Gasteiger partial charge on any atom is -0.481 e. The summed E-state index contributed by atoms with van der Waals surface area (Å²) in [6.45, 7) is 3.72. The standard InChI is InChI=1S/C10H18O4/c1-3-5-7(9(11)12)8(6-4-2)10(13)14/h7-8H,3-6H2,1-2H3,(H,11,12)(H,13,14). The predicted molar refractivity (Wildman–Crippen MR) is 52.1 cm³/mol. The van der Waals surface area contributed by atoms with E-state index >= 15 is 0 Å². The maximum Gasteiger partial charge on any atom is 0.307 e. The summed E-state index contributed by atoms with van der Waals surface area (Å²) in [4.78, 5) is 21.7. The van der Waals surface area contributed by atoms with Gasteiger partial charge in [-0.25, -0.2) is 0 Å². The van der Waals surface area contributed by atoms with Gasteiger partial charge < -0.3 is 10.2 Å². The lowest BCUT2D eigenvalue weighted by Gasteiger charge is -2.18. The van der Waals surface area contributed by atoms with Gasteiger partial charge in [0.2, 0.25) is 0 Å². The molecule has 0 saturated carbocycles. The highest BCUT2D eigenvalue weighted by Crippen LogP contribution is 2.23. The molecule has 2 N–H and O–H groups in total. The van der Waals surface area contributed by atoms with E-state index in [2.05, 4.69) is 0 Å². The van der Waals surface area contributed by atoms with Crippen LogP contribution in [-0.2, 0) is 9.59 Å². The van der Waals surface area contributed by atoms with Crippen molar-refractivity contribution >= 4 is 11.9 Å². The average molecular weight is 202 g/mol. The number of hydrogen-bond acceptors (Lipinski definition) is 2. The Kier molecular flexibility index (Phi) is 5.92. The van der Waals surface area contributed by atoms with Crippen LogP contribution in [0.1, 0.15) is 39.5 Å². The van der Waals surface area contributed by atoms with Gasteiger partial charge >= 0.3 is 11.9 Å². The Balaban J connectivity index is 4.54. The largest absolute Gasteiger partial charge is 0.481 e. The first-order chi connectivity index (χ1) is 6.54. The molecule has 0 saturated heterocycles. The van der Waals surface area contributed by atoms with E-state index in [1.165, 1.54) is 0 Å². The van der Waals surface area contributed by atoms with Gasteiger partial charge in [0.1, 0.15) is 0 Å². The zero-order valence-electron chi connectivity index (χ0n) is 8.69. The maximum absolute atomic E-state index is 10.8. The Morgan fingerprint density at radius 3 is 1.36 bits per heavy atom. The van der Waals surface area contributed by atoms with E-state index in [1.807, 2.05) is 13.8 Å². The van der Waals surface area contributed by atoms with E-state index in [0.29, 0.717) is 25.7 Å². The summed E-state index contributed by atoms with van der Waals surface area (Å²) in [6, 6.07) is 0. The minimum atomic E-state index is -0.993. The Hall–Kier alpha value is -1.06. The number of carbonyl (C=O) groups is 2. The van der Waals surface area contributed by atoms with Crippen molar-refractivity contribution in [3.05, 3.63) is 0 Å². The smallest absolute Gasteiger partial charge is 0.307 e. The molecule has 0 amide bonds. The summed E-state index contributed by atoms with van der Waals surface area (Å²) < 4.78 is 0. The van der Waals surface area contributed by atoms with Gasteiger partial charge in [0.15, 0.2) is 0 Å². The van der Waals surface area contributed by atoms with Crippen molar-refractivity contribution in [1.82, 2.24) is 0 Å². The lowest BCUT2D eigenvalue weighted by Crippen LogP contribution is -2.29. The zero-order valence-corrected chi connectivity index (χ0v) is 8.69. The summed E-state index contributed by atoms with van der Waals surface area (Å²) in [5.41, 5.74) is 0. The molecule has 0 heterocycles. The molecule has 0 rings (SSSR count). The van der Waals surface area contributed by atoms with Crippen LogP contribution < -0.4 is 0 Å². The van der Waals surface area contributed by atoms with Crippen LogP contribution in [0.25, 0.3) is 0 Å². The summed E-state index contributed by atoms with van der Waals surface area (Å²) in [5.74, 6) is -3.46. The molecule has 4 heteroatoms. The van der Waals surface area contributed by atoms with E-state index < -0.39 is 23.8 Å². The molecule has 0 aromatic rings. The minimum absolute atomic E-state index is 0.437. The second kappa shape index (κ2) is 6.40. The van der Waals surface area contributed by atoms with E-state index in [4.69, 9.17) is 10.2 Å². The molecule has 2 atom stereocenters. The van der Waals surface area contributed by atoms with Crippen LogP contribution in [0, 0.1) is 11.8 Å². The van der Waals surface area contributed by atoms with Crippen molar-refractivity contribution in [3.8, 4) is 0 Å². The molecule has 4 nitrogen and oxygen atoms in total. The Morgan fingerprint density at radius 1 is 0.929 bits per heavy atom. The van der Waals surface area contributed by atoms with Gasteiger partial charge in [0.05, 0.1) is 11.8 Å². The molecule has 0 bridgehead atoms. The van der Waals surface area contributed by atoms with E-state index in [0.717, 1.165) is 0 Å². The van der Waals surface area contributed by atoms with Crippen molar-refractivity contribution in [2.75, 3.05) is 0 Å². The predicted octanol–water partition coefficient (Wildman–Crippen LogP) is 1.99. The van der Waals surface area contributed by atoms with E-state index in [9.17, 15) is 9.59 Å². The fraction of sp³-hybridized carbons (Fsp3) is 0.800. The Labute approximate surface area is 83.9 Å². The molecule has 82 valence electrons. The first-order valence-electron chi connectivity index (χ1n) is 5.00. The number of hydrogen-bond donors (Lipinski definition) is 2. The van der Waals surface area contributed by atoms with Gasteiger partial charge in [0.25, 0.3) is 0 Å². The fourth-order valence-corrected chi connectivity index (χ4v) is 1.62. The van der Waals surface area contributed by atoms with Crippen molar-refractivity contribution < 1.29 is 19.8 Å². The van der Waals surface area contributed by atoms with Gasteiger partial charge in [-0.2, -0.15) is 0 Å². The maximum atomic E-state index is 10.8. The van der Waals surface area contributed by atoms with E-state index in [-0.39, 0.29) is 0 Å². The van der Waals surface area contributed by atoms with E-state index in [1.54, 1.807) is 0 Å². The van der Waals surface area contributed by atoms with Crippen molar-refractivity contribution in [2.45, 2.75) is 39.5 Å². The third-order valence-electron chi connectivity index (χ3n) is 2.32. The molecular formula is C10H18O4. The average Bonchev–Trinajstić information content (AvgIpc) is 2.10. The van der Waals surface area contributed by atoms with Gasteiger partial charge in [-0.3, -0.25) is 9.59 Å². The highest BCUT2D eigenvalue weighted by molar-refractivity contribution is 5.79. The van der Waals surface area contributed by atoms with Crippen molar-refractivity contribution in [2.24, 2.45) is 11.8 Å². The topological polar surface area (TPSA) is 74.6 Å². The second-order valence-electron chi connectivity index (χ2n) is 3.47. The van der Waals surface area contributed by atoms with Crippen LogP contribution in [0.15, 0.2) is 0 Å². The van der Waals surface area contributed by atoms with Crippen LogP contribution in [0.2, 0.25) is 0 Å². The molecule has 14 heavy (non-hydrogen) atoms. The molecule has 0 fully saturated rings. The van der Waals surface area contributed by atoms with Crippen LogP contribution in [-0.4, -0.2) is 22.2 Å². The summed E-state index contributed by atoms with van der Waals surface area (Å²) in [5, 5.41) is 17.8. The third-order valence-corrected chi connectivity index (χ3v) is 2.32. The molecule has 0 spiro atoms. The molecule has 0 aliphatic rings. The molecule has 2 unspecified atom stereocenters. The summed E-state index contributed by atoms with van der Waals surface area (Å²) >= 11 is 0. The number of carboxylic acid groups (broad SMARTS) is 2. The monoisotopic (exact) mass is 202 g/mol. The molecular weight excluding hydrogens is 184 g/mol. The van der Waals surface area contributed by atoms with Crippen LogP contribution in [0.5, 0.6) is 0 Å². The SMILES string of the molecule is CCCC(C(=O)O)C(CCC)C(=O)O. The quantitative estimate of drug-likeness (QED) is 0.662. The number of rotatable bonds is 7. The van der Waals surface area contributed by atoms with Crippen molar-refractivity contribution in [1.29, 1.82) is 0 Å². The Bertz CT molecular complexity index is 178. The number of aliphatic carboxylic acids is 2. The zero-order chi connectivity index (χ0) is 11.1. The molecule has 0 aromatic carbocycles. The summed E-state index contributed by atoms with van der Waals surface area (Å²) in [7, 11) is 0. The molecule has 0 radical (unpaired) electrons. The molecule has 0 aliphatic carbocycles. The fourth-order valence-electron chi connectivity index (χ4n) is 1.62. The normalized spacial score (nSPS) is 14.7. The van der Waals surface area contributed by atoms with Gasteiger partial charge in [0, 0.05) is 0 Å². The number of carboxylic acids is 2. The van der Waals surface area contributed by atoms with Gasteiger partial charge in [-0.05, 0) is 12.8 Å². The highest BCUT2D eigenvalue weighted by Gasteiger charge is 2.31. The second-order valence-corrected chi connectivity index (χ2v) is 3.47. The summed E-state index contributed by atoms with van der Waals surface area (Å²) in [6.07, 6.45) is 2.27. The first kappa shape index (κ1) is 12.9. The van der Waals surface area contributed by atoms with Crippen molar-refractivity contribution in [3.63, 3.8) is 0 Å². The first-order valence-corrected chi connectivity index (χ1v) is 5.00. The lowest BCUT2D eigenvalue weighted by atomic mass is 9.85. The Morgan fingerprint density at radius 2 is 1.21 bits per heavy atom. The van der Waals surface area contributed by atoms with Gasteiger partial charge in [-0.1, -0.05) is 26.7 Å².